The number of aromatic amines is 1. The lowest BCUT2D eigenvalue weighted by Gasteiger charge is -2.22. The Morgan fingerprint density at radius 3 is 1.47 bits per heavy atom. The molecule has 0 bridgehead atoms. The third-order valence-electron chi connectivity index (χ3n) is 9.86. The van der Waals surface area contributed by atoms with Crippen LogP contribution in [-0.4, -0.2) is 45.8 Å². The van der Waals surface area contributed by atoms with Crippen LogP contribution in [0, 0.1) is 0 Å². The highest BCUT2D eigenvalue weighted by molar-refractivity contribution is 6.30. The van der Waals surface area contributed by atoms with Crippen molar-refractivity contribution in [1.82, 2.24) is 4.98 Å². The van der Waals surface area contributed by atoms with E-state index in [1.54, 1.807) is 24.3 Å². The molecule has 0 aliphatic heterocycles. The molecule has 248 valence electrons. The third kappa shape index (κ3) is 4.09. The van der Waals surface area contributed by atoms with Gasteiger partial charge in [-0.25, -0.2) is 0 Å². The Kier molecular flexibility index (Phi) is 6.21. The summed E-state index contributed by atoms with van der Waals surface area (Å²) in [5, 5.41) is 93.0. The van der Waals surface area contributed by atoms with E-state index in [2.05, 4.69) is 4.98 Å². The summed E-state index contributed by atoms with van der Waals surface area (Å²) in [6.45, 7) is 0. The van der Waals surface area contributed by atoms with E-state index < -0.39 is 46.0 Å². The van der Waals surface area contributed by atoms with Crippen molar-refractivity contribution in [2.45, 2.75) is 0 Å². The summed E-state index contributed by atoms with van der Waals surface area (Å²) in [4.78, 5) is 3.36. The van der Waals surface area contributed by atoms with Gasteiger partial charge in [-0.2, -0.15) is 0 Å². The number of hydrogen-bond acceptors (Lipinski definition) is 8. The highest BCUT2D eigenvalue weighted by atomic mass is 16.4. The number of H-pyrrole nitrogens is 1. The Morgan fingerprint density at radius 2 is 0.843 bits per heavy atom. The van der Waals surface area contributed by atoms with E-state index in [1.807, 2.05) is 84.9 Å². The van der Waals surface area contributed by atoms with E-state index in [0.29, 0.717) is 16.6 Å². The first kappa shape index (κ1) is 29.8. The largest absolute Gasteiger partial charge is 0.504 e. The maximum atomic E-state index is 11.6. The molecule has 0 aliphatic rings. The first-order valence-electron chi connectivity index (χ1n) is 16.0. The Labute approximate surface area is 288 Å². The number of fused-ring (bicyclic) bond motifs is 6. The second kappa shape index (κ2) is 10.6. The zero-order chi connectivity index (χ0) is 35.3. The molecule has 9 heteroatoms. The Hall–Kier alpha value is -7.26. The lowest BCUT2D eigenvalue weighted by molar-refractivity contribution is 0.350. The van der Waals surface area contributed by atoms with Crippen LogP contribution in [0.3, 0.4) is 0 Å². The number of phenolic OH excluding ortho intramolecular Hbond substituents is 8. The van der Waals surface area contributed by atoms with Gasteiger partial charge in [0.25, 0.3) is 0 Å². The topological polar surface area (TPSA) is 178 Å². The van der Waals surface area contributed by atoms with Crippen molar-refractivity contribution in [3.63, 3.8) is 0 Å². The monoisotopic (exact) mass is 673 g/mol. The molecule has 9 N–H and O–H groups in total. The number of rotatable bonds is 3. The van der Waals surface area contributed by atoms with E-state index in [-0.39, 0.29) is 32.7 Å². The van der Waals surface area contributed by atoms with Gasteiger partial charge in [-0.1, -0.05) is 97.1 Å². The SMILES string of the molecule is Oc1c(O)c(O)c2c(-c3cccc4c3[nH]c3ccccc34)c3c(O)c(O)c(O)c(O)c3c(-c3ccc(-c4ccc5ccccc5c4)cc3)c2c1O. The third-order valence-corrected chi connectivity index (χ3v) is 9.86. The van der Waals surface area contributed by atoms with Gasteiger partial charge in [0.05, 0.1) is 5.52 Å². The molecular formula is C42H27NO8. The lowest BCUT2D eigenvalue weighted by Crippen LogP contribution is -1.95. The quantitative estimate of drug-likeness (QED) is 0.0506. The fourth-order valence-corrected chi connectivity index (χ4v) is 7.46. The molecule has 1 aromatic heterocycles. The fourth-order valence-electron chi connectivity index (χ4n) is 7.46. The number of aromatic hydroxyl groups is 8. The maximum absolute atomic E-state index is 11.6. The Morgan fingerprint density at radius 1 is 0.353 bits per heavy atom. The van der Waals surface area contributed by atoms with Gasteiger partial charge in [0.2, 0.25) is 23.0 Å². The zero-order valence-electron chi connectivity index (χ0n) is 26.5. The zero-order valence-corrected chi connectivity index (χ0v) is 26.5. The van der Waals surface area contributed by atoms with Gasteiger partial charge in [-0.15, -0.1) is 0 Å². The van der Waals surface area contributed by atoms with E-state index >= 15 is 0 Å². The van der Waals surface area contributed by atoms with Crippen molar-refractivity contribution in [1.29, 1.82) is 0 Å². The molecule has 0 fully saturated rings. The summed E-state index contributed by atoms with van der Waals surface area (Å²) in [5.41, 5.74) is 3.72. The smallest absolute Gasteiger partial charge is 0.204 e. The van der Waals surface area contributed by atoms with Crippen LogP contribution in [-0.2, 0) is 0 Å². The molecule has 1 heterocycles. The predicted octanol–water partition coefficient (Wildman–Crippen LogP) is 9.43. The van der Waals surface area contributed by atoms with Crippen molar-refractivity contribution < 1.29 is 40.9 Å². The summed E-state index contributed by atoms with van der Waals surface area (Å²) < 4.78 is 0. The van der Waals surface area contributed by atoms with Crippen LogP contribution in [0.15, 0.2) is 109 Å². The molecule has 0 saturated carbocycles. The van der Waals surface area contributed by atoms with Crippen molar-refractivity contribution in [3.05, 3.63) is 109 Å². The normalized spacial score (nSPS) is 11.8. The lowest BCUT2D eigenvalue weighted by atomic mass is 9.83. The number of hydrogen-bond donors (Lipinski definition) is 9. The van der Waals surface area contributed by atoms with E-state index in [1.165, 1.54) is 0 Å². The molecule has 0 saturated heterocycles. The molecule has 0 spiro atoms. The van der Waals surface area contributed by atoms with Crippen LogP contribution >= 0.6 is 0 Å². The van der Waals surface area contributed by atoms with Crippen molar-refractivity contribution in [2.75, 3.05) is 0 Å². The van der Waals surface area contributed by atoms with Gasteiger partial charge < -0.3 is 45.8 Å². The Balaban J connectivity index is 1.44. The van der Waals surface area contributed by atoms with E-state index in [4.69, 9.17) is 0 Å². The van der Waals surface area contributed by atoms with Crippen LogP contribution < -0.4 is 0 Å². The van der Waals surface area contributed by atoms with Crippen LogP contribution in [0.2, 0.25) is 0 Å². The average molecular weight is 674 g/mol. The summed E-state index contributed by atoms with van der Waals surface area (Å²) in [5.74, 6) is -7.39. The average Bonchev–Trinajstić information content (AvgIpc) is 3.55. The van der Waals surface area contributed by atoms with Crippen molar-refractivity contribution >= 4 is 54.1 Å². The molecule has 0 aliphatic carbocycles. The molecule has 8 aromatic carbocycles. The van der Waals surface area contributed by atoms with Crippen LogP contribution in [0.5, 0.6) is 46.0 Å². The van der Waals surface area contributed by atoms with Crippen molar-refractivity contribution in [2.24, 2.45) is 0 Å². The van der Waals surface area contributed by atoms with Gasteiger partial charge in [0, 0.05) is 54.5 Å². The van der Waals surface area contributed by atoms with Crippen LogP contribution in [0.4, 0.5) is 0 Å². The standard InChI is InChI=1S/C42H27NO8/c44-35-30-28(21-15-12-20(13-16-21)23-17-14-19-6-1-2-7-22(19)18-23)31-33(38(47)42(51)40(49)36(31)45)29(32(30)37(46)41(50)39(35)48)26-10-5-9-25-24-8-3-4-11-27(24)43-34(25)26/h1-18,43-51H. The highest BCUT2D eigenvalue weighted by Gasteiger charge is 2.33. The first-order chi connectivity index (χ1) is 24.7. The van der Waals surface area contributed by atoms with Gasteiger partial charge in [0.1, 0.15) is 0 Å². The molecule has 51 heavy (non-hydrogen) atoms. The molecule has 0 atom stereocenters. The van der Waals surface area contributed by atoms with Crippen LogP contribution in [0.1, 0.15) is 0 Å². The summed E-state index contributed by atoms with van der Waals surface area (Å²) in [6.07, 6.45) is 0. The molecule has 0 unspecified atom stereocenters. The summed E-state index contributed by atoms with van der Waals surface area (Å²) >= 11 is 0. The highest BCUT2D eigenvalue weighted by Crippen LogP contribution is 2.62. The van der Waals surface area contributed by atoms with Gasteiger partial charge in [-0.05, 0) is 39.6 Å². The minimum Gasteiger partial charge on any atom is -0.504 e. The minimum absolute atomic E-state index is 0.0103. The predicted molar refractivity (Wildman–Crippen MR) is 198 cm³/mol. The molecular weight excluding hydrogens is 646 g/mol. The number of para-hydroxylation sites is 2. The van der Waals surface area contributed by atoms with E-state index in [0.717, 1.165) is 38.2 Å². The van der Waals surface area contributed by atoms with Crippen LogP contribution in [0.25, 0.3) is 87.5 Å². The number of benzene rings is 8. The van der Waals surface area contributed by atoms with Crippen molar-refractivity contribution in [3.8, 4) is 79.4 Å². The van der Waals surface area contributed by atoms with Gasteiger partial charge in [-0.3, -0.25) is 0 Å². The van der Waals surface area contributed by atoms with E-state index in [9.17, 15) is 40.9 Å². The minimum atomic E-state index is -1.02. The summed E-state index contributed by atoms with van der Waals surface area (Å²) in [7, 11) is 0. The number of aromatic nitrogens is 1. The van der Waals surface area contributed by atoms with Gasteiger partial charge >= 0.3 is 0 Å². The molecule has 9 rings (SSSR count). The molecule has 0 amide bonds. The molecule has 9 aromatic rings. The maximum Gasteiger partial charge on any atom is 0.204 e. The second-order valence-corrected chi connectivity index (χ2v) is 12.6. The van der Waals surface area contributed by atoms with Gasteiger partial charge in [0.15, 0.2) is 23.0 Å². The number of phenols is 8. The second-order valence-electron chi connectivity index (χ2n) is 12.6. The summed E-state index contributed by atoms with van der Waals surface area (Å²) in [6, 6.07) is 33.8. The Bertz CT molecular complexity index is 2860. The molecule has 9 nitrogen and oxygen atoms in total. The fraction of sp³-hybridized carbons (Fsp3) is 0. The first-order valence-corrected chi connectivity index (χ1v) is 16.0. The molecule has 0 radical (unpaired) electrons. The number of nitrogens with one attached hydrogen (secondary N) is 1.